The molecule has 0 aromatic heterocycles. The van der Waals surface area contributed by atoms with Crippen LogP contribution < -0.4 is 5.32 Å². The lowest BCUT2D eigenvalue weighted by atomic mass is 9.96. The third-order valence-electron chi connectivity index (χ3n) is 2.59. The van der Waals surface area contributed by atoms with Gasteiger partial charge in [0.15, 0.2) is 0 Å². The first-order valence-electron chi connectivity index (χ1n) is 4.58. The van der Waals surface area contributed by atoms with E-state index in [2.05, 4.69) is 5.32 Å². The summed E-state index contributed by atoms with van der Waals surface area (Å²) in [5.74, 6) is -0.947. The summed E-state index contributed by atoms with van der Waals surface area (Å²) >= 11 is 0. The van der Waals surface area contributed by atoms with Crippen LogP contribution in [0.1, 0.15) is 26.2 Å². The first-order chi connectivity index (χ1) is 6.11. The molecular weight excluding hydrogens is 170 g/mol. The fourth-order valence-corrected chi connectivity index (χ4v) is 1.88. The topological polar surface area (TPSA) is 66.4 Å². The molecule has 0 aromatic carbocycles. The number of carboxylic acids is 1. The second-order valence-corrected chi connectivity index (χ2v) is 3.57. The van der Waals surface area contributed by atoms with Crippen LogP contribution in [0.15, 0.2) is 0 Å². The van der Waals surface area contributed by atoms with Gasteiger partial charge in [0, 0.05) is 13.5 Å². The first kappa shape index (κ1) is 10.0. The van der Waals surface area contributed by atoms with Gasteiger partial charge in [-0.05, 0) is 18.8 Å². The van der Waals surface area contributed by atoms with Gasteiger partial charge in [-0.15, -0.1) is 0 Å². The van der Waals surface area contributed by atoms with Gasteiger partial charge in [-0.3, -0.25) is 9.59 Å². The smallest absolute Gasteiger partial charge is 0.306 e. The van der Waals surface area contributed by atoms with Crippen LogP contribution in [-0.2, 0) is 9.59 Å². The van der Waals surface area contributed by atoms with Crippen molar-refractivity contribution in [2.75, 3.05) is 6.54 Å². The van der Waals surface area contributed by atoms with E-state index >= 15 is 0 Å². The molecule has 1 aliphatic rings. The SMILES string of the molecule is CC(=O)NC[C@H]1CCC[C@H]1C(=O)O. The molecule has 74 valence electrons. The van der Waals surface area contributed by atoms with Crippen LogP contribution in [-0.4, -0.2) is 23.5 Å². The number of hydrogen-bond donors (Lipinski definition) is 2. The van der Waals surface area contributed by atoms with Gasteiger partial charge in [0.1, 0.15) is 0 Å². The fourth-order valence-electron chi connectivity index (χ4n) is 1.88. The van der Waals surface area contributed by atoms with Crippen molar-refractivity contribution in [3.05, 3.63) is 0 Å². The minimum Gasteiger partial charge on any atom is -0.481 e. The van der Waals surface area contributed by atoms with E-state index < -0.39 is 5.97 Å². The Labute approximate surface area is 77.3 Å². The monoisotopic (exact) mass is 185 g/mol. The molecule has 1 rings (SSSR count). The van der Waals surface area contributed by atoms with E-state index in [1.165, 1.54) is 6.92 Å². The first-order valence-corrected chi connectivity index (χ1v) is 4.58. The summed E-state index contributed by atoms with van der Waals surface area (Å²) in [4.78, 5) is 21.4. The summed E-state index contributed by atoms with van der Waals surface area (Å²) in [6.07, 6.45) is 2.62. The van der Waals surface area contributed by atoms with Crippen LogP contribution in [0.3, 0.4) is 0 Å². The molecule has 0 aromatic rings. The highest BCUT2D eigenvalue weighted by Gasteiger charge is 2.32. The number of hydrogen-bond acceptors (Lipinski definition) is 2. The minimum absolute atomic E-state index is 0.0870. The van der Waals surface area contributed by atoms with Gasteiger partial charge in [0.05, 0.1) is 5.92 Å². The molecule has 0 bridgehead atoms. The number of carbonyl (C=O) groups is 2. The lowest BCUT2D eigenvalue weighted by molar-refractivity contribution is -0.143. The predicted octanol–water partition coefficient (Wildman–Crippen LogP) is 0.623. The third-order valence-corrected chi connectivity index (χ3v) is 2.59. The average Bonchev–Trinajstić information content (AvgIpc) is 2.47. The highest BCUT2D eigenvalue weighted by Crippen LogP contribution is 2.31. The molecule has 2 N–H and O–H groups in total. The van der Waals surface area contributed by atoms with Crippen LogP contribution in [0, 0.1) is 11.8 Å². The quantitative estimate of drug-likeness (QED) is 0.677. The van der Waals surface area contributed by atoms with Gasteiger partial charge in [-0.1, -0.05) is 6.42 Å². The van der Waals surface area contributed by atoms with Crippen LogP contribution in [0.2, 0.25) is 0 Å². The molecule has 1 amide bonds. The molecule has 4 heteroatoms. The molecule has 4 nitrogen and oxygen atoms in total. The maximum Gasteiger partial charge on any atom is 0.306 e. The lowest BCUT2D eigenvalue weighted by Gasteiger charge is -2.15. The van der Waals surface area contributed by atoms with Crippen molar-refractivity contribution in [3.63, 3.8) is 0 Å². The molecule has 1 aliphatic carbocycles. The van der Waals surface area contributed by atoms with Crippen LogP contribution >= 0.6 is 0 Å². The Bertz CT molecular complexity index is 215. The molecule has 0 aliphatic heterocycles. The predicted molar refractivity (Wildman–Crippen MR) is 47.2 cm³/mol. The van der Waals surface area contributed by atoms with E-state index in [0.717, 1.165) is 19.3 Å². The van der Waals surface area contributed by atoms with Crippen LogP contribution in [0.4, 0.5) is 0 Å². The van der Waals surface area contributed by atoms with E-state index in [1.807, 2.05) is 0 Å². The summed E-state index contributed by atoms with van der Waals surface area (Å²) in [5, 5.41) is 11.5. The Balaban J connectivity index is 2.39. The Morgan fingerprint density at radius 3 is 2.69 bits per heavy atom. The van der Waals surface area contributed by atoms with E-state index in [9.17, 15) is 9.59 Å². The van der Waals surface area contributed by atoms with Gasteiger partial charge in [-0.25, -0.2) is 0 Å². The van der Waals surface area contributed by atoms with Gasteiger partial charge >= 0.3 is 5.97 Å². The second kappa shape index (κ2) is 4.25. The molecule has 1 fully saturated rings. The Hall–Kier alpha value is -1.06. The van der Waals surface area contributed by atoms with E-state index in [-0.39, 0.29) is 17.7 Å². The van der Waals surface area contributed by atoms with Crippen LogP contribution in [0.5, 0.6) is 0 Å². The van der Waals surface area contributed by atoms with Crippen molar-refractivity contribution >= 4 is 11.9 Å². The van der Waals surface area contributed by atoms with Crippen molar-refractivity contribution in [1.29, 1.82) is 0 Å². The zero-order valence-electron chi connectivity index (χ0n) is 7.75. The van der Waals surface area contributed by atoms with Crippen molar-refractivity contribution in [1.82, 2.24) is 5.32 Å². The molecule has 2 atom stereocenters. The van der Waals surface area contributed by atoms with E-state index in [4.69, 9.17) is 5.11 Å². The zero-order chi connectivity index (χ0) is 9.84. The maximum atomic E-state index is 10.7. The largest absolute Gasteiger partial charge is 0.481 e. The van der Waals surface area contributed by atoms with Gasteiger partial charge < -0.3 is 10.4 Å². The molecule has 13 heavy (non-hydrogen) atoms. The summed E-state index contributed by atoms with van der Waals surface area (Å²) in [6.45, 7) is 1.96. The Kier molecular flexibility index (Phi) is 3.28. The summed E-state index contributed by atoms with van der Waals surface area (Å²) < 4.78 is 0. The third kappa shape index (κ3) is 2.72. The number of nitrogens with one attached hydrogen (secondary N) is 1. The number of carboxylic acid groups (broad SMARTS) is 1. The summed E-state index contributed by atoms with van der Waals surface area (Å²) in [6, 6.07) is 0. The van der Waals surface area contributed by atoms with E-state index in [0.29, 0.717) is 6.54 Å². The highest BCUT2D eigenvalue weighted by molar-refractivity contribution is 5.73. The lowest BCUT2D eigenvalue weighted by Crippen LogP contribution is -2.31. The molecule has 0 radical (unpaired) electrons. The molecule has 0 unspecified atom stereocenters. The number of rotatable bonds is 3. The van der Waals surface area contributed by atoms with Crippen molar-refractivity contribution < 1.29 is 14.7 Å². The number of carbonyl (C=O) groups excluding carboxylic acids is 1. The molecule has 0 spiro atoms. The summed E-state index contributed by atoms with van der Waals surface area (Å²) in [7, 11) is 0. The molecule has 0 heterocycles. The van der Waals surface area contributed by atoms with Gasteiger partial charge in [0.2, 0.25) is 5.91 Å². The average molecular weight is 185 g/mol. The zero-order valence-corrected chi connectivity index (χ0v) is 7.75. The van der Waals surface area contributed by atoms with Crippen LogP contribution in [0.25, 0.3) is 0 Å². The van der Waals surface area contributed by atoms with Crippen molar-refractivity contribution in [3.8, 4) is 0 Å². The summed E-state index contributed by atoms with van der Waals surface area (Å²) in [5.41, 5.74) is 0. The standard InChI is InChI=1S/C9H15NO3/c1-6(11)10-5-7-3-2-4-8(7)9(12)13/h7-8H,2-5H2,1H3,(H,10,11)(H,12,13)/t7-,8-/m1/s1. The highest BCUT2D eigenvalue weighted by atomic mass is 16.4. The fraction of sp³-hybridized carbons (Fsp3) is 0.778. The number of aliphatic carboxylic acids is 1. The Morgan fingerprint density at radius 1 is 1.46 bits per heavy atom. The van der Waals surface area contributed by atoms with E-state index in [1.54, 1.807) is 0 Å². The maximum absolute atomic E-state index is 10.7. The number of amides is 1. The molecule has 0 saturated heterocycles. The Morgan fingerprint density at radius 2 is 2.15 bits per heavy atom. The molecule has 1 saturated carbocycles. The van der Waals surface area contributed by atoms with Gasteiger partial charge in [-0.2, -0.15) is 0 Å². The van der Waals surface area contributed by atoms with Gasteiger partial charge in [0.25, 0.3) is 0 Å². The molecular formula is C9H15NO3. The minimum atomic E-state index is -0.729. The normalized spacial score (nSPS) is 27.2. The van der Waals surface area contributed by atoms with Crippen molar-refractivity contribution in [2.24, 2.45) is 11.8 Å². The van der Waals surface area contributed by atoms with Crippen molar-refractivity contribution in [2.45, 2.75) is 26.2 Å². The second-order valence-electron chi connectivity index (χ2n) is 3.57.